The number of guanidine groups is 1. The van der Waals surface area contributed by atoms with Gasteiger partial charge in [0.25, 0.3) is 0 Å². The van der Waals surface area contributed by atoms with E-state index in [9.17, 15) is 8.42 Å². The number of sulfone groups is 1. The topological polar surface area (TPSA) is 71.0 Å². The highest BCUT2D eigenvalue weighted by Gasteiger charge is 2.40. The van der Waals surface area contributed by atoms with Gasteiger partial charge in [-0.3, -0.25) is 0 Å². The highest BCUT2D eigenvalue weighted by atomic mass is 127. The summed E-state index contributed by atoms with van der Waals surface area (Å²) >= 11 is 0. The minimum absolute atomic E-state index is 0. The van der Waals surface area contributed by atoms with Crippen molar-refractivity contribution in [1.29, 1.82) is 0 Å². The lowest BCUT2D eigenvalue weighted by atomic mass is 10.0. The molecule has 2 rings (SSSR count). The summed E-state index contributed by atoms with van der Waals surface area (Å²) in [5.41, 5.74) is 1.19. The summed E-state index contributed by atoms with van der Waals surface area (Å²) in [6, 6.07) is 8.08. The van der Waals surface area contributed by atoms with Crippen LogP contribution in [0.5, 0.6) is 5.75 Å². The van der Waals surface area contributed by atoms with Crippen molar-refractivity contribution in [3.05, 3.63) is 29.8 Å². The van der Waals surface area contributed by atoms with E-state index < -0.39 is 14.6 Å². The number of aliphatic imine (C=N–C) groups is 1. The molecule has 0 spiro atoms. The first-order valence-corrected chi connectivity index (χ1v) is 11.3. The Kier molecular flexibility index (Phi) is 9.52. The molecular weight excluding hydrogens is 489 g/mol. The van der Waals surface area contributed by atoms with Crippen LogP contribution in [-0.2, 0) is 9.84 Å². The van der Waals surface area contributed by atoms with Crippen LogP contribution in [0.4, 0.5) is 0 Å². The summed E-state index contributed by atoms with van der Waals surface area (Å²) in [4.78, 5) is 6.69. The lowest BCUT2D eigenvalue weighted by Crippen LogP contribution is -2.57. The van der Waals surface area contributed by atoms with Gasteiger partial charge in [0, 0.05) is 19.6 Å². The number of nitrogens with one attached hydrogen (secondary N) is 1. The van der Waals surface area contributed by atoms with Gasteiger partial charge in [0.2, 0.25) is 0 Å². The van der Waals surface area contributed by atoms with Gasteiger partial charge in [0.05, 0.1) is 17.0 Å². The fourth-order valence-corrected chi connectivity index (χ4v) is 4.51. The fourth-order valence-electron chi connectivity index (χ4n) is 3.15. The van der Waals surface area contributed by atoms with Gasteiger partial charge in [-0.15, -0.1) is 24.0 Å². The molecule has 0 amide bonds. The van der Waals surface area contributed by atoms with Gasteiger partial charge in [0.15, 0.2) is 15.8 Å². The number of para-hydroxylation sites is 1. The fraction of sp³-hybridized carbons (Fsp3) is 0.650. The van der Waals surface area contributed by atoms with Crippen molar-refractivity contribution in [1.82, 2.24) is 10.2 Å². The quantitative estimate of drug-likeness (QED) is 0.268. The van der Waals surface area contributed by atoms with Crippen molar-refractivity contribution >= 4 is 39.8 Å². The van der Waals surface area contributed by atoms with Gasteiger partial charge < -0.3 is 15.0 Å². The van der Waals surface area contributed by atoms with E-state index in [-0.39, 0.29) is 29.7 Å². The summed E-state index contributed by atoms with van der Waals surface area (Å²) in [5.74, 6) is 2.21. The molecule has 1 saturated heterocycles. The molecule has 28 heavy (non-hydrogen) atoms. The molecule has 1 aliphatic heterocycles. The summed E-state index contributed by atoms with van der Waals surface area (Å²) < 4.78 is 29.6. The van der Waals surface area contributed by atoms with E-state index in [4.69, 9.17) is 4.74 Å². The maximum atomic E-state index is 12.2. The van der Waals surface area contributed by atoms with Crippen LogP contribution in [0.1, 0.15) is 46.1 Å². The van der Waals surface area contributed by atoms with Gasteiger partial charge in [-0.05, 0) is 38.3 Å². The van der Waals surface area contributed by atoms with Crippen LogP contribution in [-0.4, -0.2) is 62.6 Å². The Morgan fingerprint density at radius 2 is 2.00 bits per heavy atom. The highest BCUT2D eigenvalue weighted by Crippen LogP contribution is 2.26. The number of ether oxygens (including phenoxy) is 1. The number of benzene rings is 1. The maximum Gasteiger partial charge on any atom is 0.194 e. The largest absolute Gasteiger partial charge is 0.491 e. The normalized spacial score (nSPS) is 18.5. The van der Waals surface area contributed by atoms with Crippen molar-refractivity contribution in [2.24, 2.45) is 4.99 Å². The monoisotopic (exact) mass is 523 g/mol. The van der Waals surface area contributed by atoms with Gasteiger partial charge in [-0.2, -0.15) is 0 Å². The zero-order valence-electron chi connectivity index (χ0n) is 17.6. The smallest absolute Gasteiger partial charge is 0.194 e. The molecule has 0 aromatic heterocycles. The molecule has 0 unspecified atom stereocenters. The van der Waals surface area contributed by atoms with Crippen LogP contribution < -0.4 is 10.1 Å². The predicted octanol–water partition coefficient (Wildman–Crippen LogP) is 3.28. The van der Waals surface area contributed by atoms with E-state index in [1.54, 1.807) is 13.8 Å². The molecule has 0 atom stereocenters. The summed E-state index contributed by atoms with van der Waals surface area (Å²) in [6.07, 6.45) is 0. The summed E-state index contributed by atoms with van der Waals surface area (Å²) in [5, 5.41) is 3.27. The first kappa shape index (κ1) is 25.0. The zero-order chi connectivity index (χ0) is 20.1. The average Bonchev–Trinajstić information content (AvgIpc) is 2.60. The number of nitrogens with zero attached hydrogens (tertiary/aromatic N) is 2. The molecule has 0 aliphatic carbocycles. The van der Waals surface area contributed by atoms with Crippen LogP contribution in [0.3, 0.4) is 0 Å². The van der Waals surface area contributed by atoms with E-state index in [0.29, 0.717) is 32.2 Å². The van der Waals surface area contributed by atoms with Gasteiger partial charge in [-0.25, -0.2) is 13.4 Å². The molecule has 8 heteroatoms. The number of hydrogen-bond acceptors (Lipinski definition) is 4. The van der Waals surface area contributed by atoms with Crippen LogP contribution in [0, 0.1) is 0 Å². The van der Waals surface area contributed by atoms with Crippen LogP contribution in [0.25, 0.3) is 0 Å². The second kappa shape index (κ2) is 10.7. The molecule has 0 bridgehead atoms. The summed E-state index contributed by atoms with van der Waals surface area (Å²) in [7, 11) is -3.07. The standard InChI is InChI=1S/C20H33N3O3S.HI/c1-6-21-19(23-12-14-27(24,25)20(4,5)15-23)22-11-13-26-18-10-8-7-9-17(18)16(2)3;/h7-10,16H,6,11-15H2,1-5H3,(H,21,22);1H. The lowest BCUT2D eigenvalue weighted by molar-refractivity contribution is 0.319. The molecule has 160 valence electrons. The lowest BCUT2D eigenvalue weighted by Gasteiger charge is -2.39. The minimum Gasteiger partial charge on any atom is -0.491 e. The first-order chi connectivity index (χ1) is 12.7. The van der Waals surface area contributed by atoms with E-state index in [1.165, 1.54) is 5.56 Å². The van der Waals surface area contributed by atoms with E-state index in [2.05, 4.69) is 30.2 Å². The average molecular weight is 523 g/mol. The molecule has 1 aliphatic rings. The van der Waals surface area contributed by atoms with Crippen molar-refractivity contribution < 1.29 is 13.2 Å². The number of halogens is 1. The molecule has 1 aromatic rings. The molecule has 1 heterocycles. The van der Waals surface area contributed by atoms with Crippen molar-refractivity contribution in [3.8, 4) is 5.75 Å². The Hall–Kier alpha value is -1.03. The maximum absolute atomic E-state index is 12.2. The molecule has 1 fully saturated rings. The third kappa shape index (κ3) is 6.23. The Balaban J connectivity index is 0.00000392. The van der Waals surface area contributed by atoms with E-state index >= 15 is 0 Å². The molecular formula is C20H34IN3O3S. The third-order valence-electron chi connectivity index (χ3n) is 4.83. The minimum atomic E-state index is -3.07. The molecule has 0 saturated carbocycles. The van der Waals surface area contributed by atoms with Crippen LogP contribution >= 0.6 is 24.0 Å². The van der Waals surface area contributed by atoms with Gasteiger partial charge in [-0.1, -0.05) is 32.0 Å². The molecule has 1 N–H and O–H groups in total. The number of hydrogen-bond donors (Lipinski definition) is 1. The second-order valence-corrected chi connectivity index (χ2v) is 10.5. The van der Waals surface area contributed by atoms with Crippen molar-refractivity contribution in [2.75, 3.05) is 38.5 Å². The van der Waals surface area contributed by atoms with Crippen molar-refractivity contribution in [2.45, 2.75) is 45.3 Å². The Morgan fingerprint density at radius 3 is 2.61 bits per heavy atom. The van der Waals surface area contributed by atoms with Gasteiger partial charge in [0.1, 0.15) is 12.4 Å². The second-order valence-electron chi connectivity index (χ2n) is 7.78. The SMILES string of the molecule is CCNC(=NCCOc1ccccc1C(C)C)N1CCS(=O)(=O)C(C)(C)C1.I. The Labute approximate surface area is 187 Å². The first-order valence-electron chi connectivity index (χ1n) is 9.65. The van der Waals surface area contributed by atoms with Crippen molar-refractivity contribution in [3.63, 3.8) is 0 Å². The van der Waals surface area contributed by atoms with E-state index in [0.717, 1.165) is 18.3 Å². The molecule has 6 nitrogen and oxygen atoms in total. The molecule has 0 radical (unpaired) electrons. The van der Waals surface area contributed by atoms with Crippen LogP contribution in [0.2, 0.25) is 0 Å². The van der Waals surface area contributed by atoms with Gasteiger partial charge >= 0.3 is 0 Å². The zero-order valence-corrected chi connectivity index (χ0v) is 20.7. The molecule has 1 aromatic carbocycles. The summed E-state index contributed by atoms with van der Waals surface area (Å²) in [6.45, 7) is 12.5. The predicted molar refractivity (Wildman–Crippen MR) is 127 cm³/mol. The highest BCUT2D eigenvalue weighted by molar-refractivity contribution is 14.0. The Bertz CT molecular complexity index is 764. The van der Waals surface area contributed by atoms with Crippen LogP contribution in [0.15, 0.2) is 29.3 Å². The van der Waals surface area contributed by atoms with E-state index in [1.807, 2.05) is 30.0 Å². The number of rotatable bonds is 6. The third-order valence-corrected chi connectivity index (χ3v) is 7.36. The Morgan fingerprint density at radius 1 is 1.32 bits per heavy atom.